The fourth-order valence-electron chi connectivity index (χ4n) is 3.04. The highest BCUT2D eigenvalue weighted by atomic mass is 32.2. The number of halogens is 1. The van der Waals surface area contributed by atoms with Gasteiger partial charge >= 0.3 is 0 Å². The Bertz CT molecular complexity index is 1030. The lowest BCUT2D eigenvalue weighted by Gasteiger charge is -2.25. The third-order valence-electron chi connectivity index (χ3n) is 4.72. The molecule has 1 saturated heterocycles. The number of amides is 2. The Hall–Kier alpha value is -2.50. The lowest BCUT2D eigenvalue weighted by molar-refractivity contribution is -0.132. The Kier molecular flexibility index (Phi) is 7.63. The van der Waals surface area contributed by atoms with Crippen molar-refractivity contribution in [3.8, 4) is 5.75 Å². The summed E-state index contributed by atoms with van der Waals surface area (Å²) in [4.78, 5) is 24.8. The van der Waals surface area contributed by atoms with E-state index in [2.05, 4.69) is 10.9 Å². The Balaban J connectivity index is 1.50. The number of hydrogen-bond acceptors (Lipinski definition) is 6. The summed E-state index contributed by atoms with van der Waals surface area (Å²) in [5, 5.41) is 0. The number of sulfonamides is 1. The first-order chi connectivity index (χ1) is 14.8. The smallest absolute Gasteiger partial charge is 0.279 e. The van der Waals surface area contributed by atoms with Gasteiger partial charge in [0, 0.05) is 18.0 Å². The van der Waals surface area contributed by atoms with E-state index in [1.54, 1.807) is 12.1 Å². The molecule has 11 heteroatoms. The predicted molar refractivity (Wildman–Crippen MR) is 113 cm³/mol. The van der Waals surface area contributed by atoms with Crippen LogP contribution in [0.3, 0.4) is 0 Å². The molecule has 1 aliphatic rings. The molecule has 1 atom stereocenters. The Morgan fingerprint density at radius 1 is 1.13 bits per heavy atom. The van der Waals surface area contributed by atoms with Crippen molar-refractivity contribution in [2.75, 3.05) is 13.1 Å². The fourth-order valence-corrected chi connectivity index (χ4v) is 6.07. The fraction of sp³-hybridized carbons (Fsp3) is 0.400. The van der Waals surface area contributed by atoms with E-state index >= 15 is 0 Å². The molecular formula is C20H24FN3O5S2. The van der Waals surface area contributed by atoms with Crippen LogP contribution in [0.15, 0.2) is 40.6 Å². The molecule has 1 aromatic heterocycles. The summed E-state index contributed by atoms with van der Waals surface area (Å²) in [6.45, 7) is 2.44. The largest absolute Gasteiger partial charge is 0.478 e. The van der Waals surface area contributed by atoms with Gasteiger partial charge in [0.25, 0.3) is 15.9 Å². The van der Waals surface area contributed by atoms with Gasteiger partial charge in [-0.2, -0.15) is 4.31 Å². The summed E-state index contributed by atoms with van der Waals surface area (Å²) in [6, 6.07) is 8.77. The van der Waals surface area contributed by atoms with Crippen molar-refractivity contribution in [1.82, 2.24) is 15.2 Å². The van der Waals surface area contributed by atoms with E-state index in [1.165, 1.54) is 35.5 Å². The molecule has 1 aromatic carbocycles. The van der Waals surface area contributed by atoms with Gasteiger partial charge in [0.2, 0.25) is 5.91 Å². The number of para-hydroxylation sites is 1. The van der Waals surface area contributed by atoms with Gasteiger partial charge in [0.15, 0.2) is 17.7 Å². The van der Waals surface area contributed by atoms with Crippen molar-refractivity contribution in [2.24, 2.45) is 0 Å². The summed E-state index contributed by atoms with van der Waals surface area (Å²) < 4.78 is 45.9. The zero-order valence-electron chi connectivity index (χ0n) is 17.0. The predicted octanol–water partition coefficient (Wildman–Crippen LogP) is 2.22. The second kappa shape index (κ2) is 10.2. The van der Waals surface area contributed by atoms with Crippen molar-refractivity contribution >= 4 is 33.2 Å². The number of thiophene rings is 1. The second-order valence-electron chi connectivity index (χ2n) is 7.09. The molecule has 0 spiro atoms. The molecule has 1 aliphatic heterocycles. The second-order valence-corrected chi connectivity index (χ2v) is 10.4. The number of hydrazine groups is 1. The summed E-state index contributed by atoms with van der Waals surface area (Å²) >= 11 is 1.04. The lowest BCUT2D eigenvalue weighted by Crippen LogP contribution is -2.47. The Morgan fingerprint density at radius 3 is 2.55 bits per heavy atom. The van der Waals surface area contributed by atoms with Gasteiger partial charge in [-0.1, -0.05) is 18.6 Å². The van der Waals surface area contributed by atoms with Crippen LogP contribution in [0, 0.1) is 5.82 Å². The third kappa shape index (κ3) is 6.02. The molecule has 168 valence electrons. The van der Waals surface area contributed by atoms with Crippen LogP contribution in [-0.4, -0.2) is 43.7 Å². The van der Waals surface area contributed by atoms with Crippen molar-refractivity contribution in [3.63, 3.8) is 0 Å². The van der Waals surface area contributed by atoms with Crippen LogP contribution in [0.4, 0.5) is 4.39 Å². The van der Waals surface area contributed by atoms with E-state index in [0.717, 1.165) is 30.6 Å². The topological polar surface area (TPSA) is 105 Å². The van der Waals surface area contributed by atoms with Gasteiger partial charge in [-0.3, -0.25) is 20.4 Å². The Labute approximate surface area is 184 Å². The van der Waals surface area contributed by atoms with E-state index in [9.17, 15) is 22.4 Å². The minimum absolute atomic E-state index is 0.0718. The molecule has 0 radical (unpaired) electrons. The minimum Gasteiger partial charge on any atom is -0.478 e. The van der Waals surface area contributed by atoms with E-state index in [-0.39, 0.29) is 16.4 Å². The lowest BCUT2D eigenvalue weighted by atomic mass is 10.2. The zero-order valence-corrected chi connectivity index (χ0v) is 18.6. The maximum Gasteiger partial charge on any atom is 0.279 e. The van der Waals surface area contributed by atoms with Gasteiger partial charge in [0.05, 0.1) is 6.42 Å². The first kappa shape index (κ1) is 23.2. The van der Waals surface area contributed by atoms with Crippen molar-refractivity contribution in [2.45, 2.75) is 42.9 Å². The summed E-state index contributed by atoms with van der Waals surface area (Å²) in [7, 11) is -3.54. The Morgan fingerprint density at radius 2 is 1.84 bits per heavy atom. The van der Waals surface area contributed by atoms with Gasteiger partial charge in [-0.15, -0.1) is 11.3 Å². The molecule has 2 heterocycles. The molecule has 1 fully saturated rings. The van der Waals surface area contributed by atoms with Crippen molar-refractivity contribution in [1.29, 1.82) is 0 Å². The van der Waals surface area contributed by atoms with E-state index in [1.807, 2.05) is 0 Å². The van der Waals surface area contributed by atoms with Crippen LogP contribution in [0.2, 0.25) is 0 Å². The highest BCUT2D eigenvalue weighted by Gasteiger charge is 2.27. The highest BCUT2D eigenvalue weighted by Crippen LogP contribution is 2.27. The molecule has 0 bridgehead atoms. The highest BCUT2D eigenvalue weighted by molar-refractivity contribution is 7.91. The van der Waals surface area contributed by atoms with Crippen LogP contribution < -0.4 is 15.6 Å². The maximum atomic E-state index is 13.6. The summed E-state index contributed by atoms with van der Waals surface area (Å²) in [5.74, 6) is -1.84. The average Bonchev–Trinajstić information content (AvgIpc) is 3.23. The van der Waals surface area contributed by atoms with Gasteiger partial charge < -0.3 is 4.74 Å². The maximum absolute atomic E-state index is 13.6. The SMILES string of the molecule is CC(Oc1ccccc1F)C(=O)NNC(=O)Cc1ccc(S(=O)(=O)N2CCCCC2)s1. The first-order valence-corrected chi connectivity index (χ1v) is 12.1. The summed E-state index contributed by atoms with van der Waals surface area (Å²) in [5.41, 5.74) is 4.48. The molecule has 1 unspecified atom stereocenters. The van der Waals surface area contributed by atoms with Crippen LogP contribution in [0.5, 0.6) is 5.75 Å². The average molecular weight is 470 g/mol. The van der Waals surface area contributed by atoms with E-state index in [4.69, 9.17) is 4.74 Å². The number of rotatable bonds is 7. The molecule has 0 saturated carbocycles. The van der Waals surface area contributed by atoms with Crippen LogP contribution in [-0.2, 0) is 26.0 Å². The first-order valence-electron chi connectivity index (χ1n) is 9.86. The van der Waals surface area contributed by atoms with Gasteiger partial charge in [0.1, 0.15) is 4.21 Å². The van der Waals surface area contributed by atoms with Gasteiger partial charge in [-0.05, 0) is 44.0 Å². The molecule has 0 aliphatic carbocycles. The number of carbonyl (C=O) groups is 2. The zero-order chi connectivity index (χ0) is 22.4. The molecule has 31 heavy (non-hydrogen) atoms. The normalized spacial score (nSPS) is 15.8. The molecule has 2 aromatic rings. The monoisotopic (exact) mass is 469 g/mol. The minimum atomic E-state index is -3.54. The molecule has 8 nitrogen and oxygen atoms in total. The van der Waals surface area contributed by atoms with Crippen LogP contribution >= 0.6 is 11.3 Å². The van der Waals surface area contributed by atoms with Gasteiger partial charge in [-0.25, -0.2) is 12.8 Å². The van der Waals surface area contributed by atoms with Crippen molar-refractivity contribution < 1.29 is 27.1 Å². The van der Waals surface area contributed by atoms with Crippen molar-refractivity contribution in [3.05, 3.63) is 47.1 Å². The van der Waals surface area contributed by atoms with E-state index < -0.39 is 33.8 Å². The molecule has 3 rings (SSSR count). The number of ether oxygens (including phenoxy) is 1. The molecule has 2 N–H and O–H groups in total. The standard InChI is InChI=1S/C20H24FN3O5S2/c1-14(29-17-8-4-3-7-16(17)21)20(26)23-22-18(25)13-15-9-10-19(30-15)31(27,28)24-11-5-2-6-12-24/h3-4,7-10,14H,2,5-6,11-13H2,1H3,(H,22,25)(H,23,26). The number of hydrogen-bond donors (Lipinski definition) is 2. The summed E-state index contributed by atoms with van der Waals surface area (Å²) in [6.07, 6.45) is 1.58. The number of nitrogens with zero attached hydrogens (tertiary/aromatic N) is 1. The molecule has 2 amide bonds. The number of benzene rings is 1. The van der Waals surface area contributed by atoms with Crippen LogP contribution in [0.1, 0.15) is 31.1 Å². The van der Waals surface area contributed by atoms with E-state index in [0.29, 0.717) is 18.0 Å². The van der Waals surface area contributed by atoms with Crippen LogP contribution in [0.25, 0.3) is 0 Å². The number of piperidine rings is 1. The molecular weight excluding hydrogens is 445 g/mol. The third-order valence-corrected chi connectivity index (χ3v) is 8.17. The quantitative estimate of drug-likeness (QED) is 0.605. The number of nitrogens with one attached hydrogen (secondary N) is 2. The number of carbonyl (C=O) groups excluding carboxylic acids is 2.